The average molecular weight is 137 g/mol. The second kappa shape index (κ2) is 3.02. The van der Waals surface area contributed by atoms with Crippen molar-refractivity contribution in [2.75, 3.05) is 14.1 Å². The Morgan fingerprint density at radius 1 is 1.50 bits per heavy atom. The van der Waals surface area contributed by atoms with Crippen molar-refractivity contribution in [3.63, 3.8) is 0 Å². The molecule has 0 fully saturated rings. The first-order valence-corrected chi connectivity index (χ1v) is 3.75. The van der Waals surface area contributed by atoms with Crippen LogP contribution in [0.4, 0.5) is 0 Å². The van der Waals surface area contributed by atoms with Gasteiger partial charge in [-0.2, -0.15) is 0 Å². The Labute approximate surface area is 63.0 Å². The highest BCUT2D eigenvalue weighted by Gasteiger charge is 2.09. The molecule has 1 heteroatoms. The van der Waals surface area contributed by atoms with E-state index in [4.69, 9.17) is 0 Å². The molecule has 1 atom stereocenters. The molecule has 0 saturated heterocycles. The van der Waals surface area contributed by atoms with Crippen LogP contribution in [0.15, 0.2) is 23.8 Å². The van der Waals surface area contributed by atoms with Crippen LogP contribution in [0.5, 0.6) is 0 Å². The molecule has 0 aromatic carbocycles. The van der Waals surface area contributed by atoms with Gasteiger partial charge in [0.1, 0.15) is 0 Å². The van der Waals surface area contributed by atoms with Crippen LogP contribution >= 0.6 is 0 Å². The van der Waals surface area contributed by atoms with Crippen LogP contribution in [0.3, 0.4) is 0 Å². The van der Waals surface area contributed by atoms with Crippen LogP contribution < -0.4 is 0 Å². The molecule has 0 aromatic heterocycles. The number of hydrogen-bond donors (Lipinski definition) is 0. The van der Waals surface area contributed by atoms with E-state index in [-0.39, 0.29) is 0 Å². The topological polar surface area (TPSA) is 3.24 Å². The third kappa shape index (κ3) is 1.48. The van der Waals surface area contributed by atoms with Crippen LogP contribution in [0, 0.1) is 0 Å². The van der Waals surface area contributed by atoms with E-state index in [0.717, 1.165) is 6.42 Å². The van der Waals surface area contributed by atoms with Gasteiger partial charge in [0.25, 0.3) is 0 Å². The summed E-state index contributed by atoms with van der Waals surface area (Å²) in [6, 6.07) is 0.568. The molecule has 56 valence electrons. The van der Waals surface area contributed by atoms with Gasteiger partial charge in [-0.3, -0.25) is 0 Å². The van der Waals surface area contributed by atoms with E-state index in [2.05, 4.69) is 44.1 Å². The van der Waals surface area contributed by atoms with Crippen molar-refractivity contribution >= 4 is 0 Å². The van der Waals surface area contributed by atoms with Crippen molar-refractivity contribution in [1.82, 2.24) is 4.90 Å². The average Bonchev–Trinajstić information content (AvgIpc) is 2.36. The highest BCUT2D eigenvalue weighted by atomic mass is 15.1. The molecular weight excluding hydrogens is 122 g/mol. The van der Waals surface area contributed by atoms with Crippen molar-refractivity contribution in [3.8, 4) is 0 Å². The summed E-state index contributed by atoms with van der Waals surface area (Å²) in [5, 5.41) is 0. The summed E-state index contributed by atoms with van der Waals surface area (Å²) in [4.78, 5) is 2.22. The maximum atomic E-state index is 2.28. The van der Waals surface area contributed by atoms with Crippen LogP contribution in [-0.4, -0.2) is 25.0 Å². The van der Waals surface area contributed by atoms with Crippen LogP contribution in [-0.2, 0) is 0 Å². The molecule has 1 aliphatic rings. The van der Waals surface area contributed by atoms with Crippen LogP contribution in [0.25, 0.3) is 0 Å². The minimum absolute atomic E-state index is 0.568. The summed E-state index contributed by atoms with van der Waals surface area (Å²) in [5.41, 5.74) is 1.45. The zero-order valence-corrected chi connectivity index (χ0v) is 6.96. The van der Waals surface area contributed by atoms with Gasteiger partial charge < -0.3 is 4.90 Å². The van der Waals surface area contributed by atoms with Crippen molar-refractivity contribution < 1.29 is 0 Å². The highest BCUT2D eigenvalue weighted by Crippen LogP contribution is 2.15. The van der Waals surface area contributed by atoms with Crippen LogP contribution in [0.2, 0.25) is 0 Å². The Bertz CT molecular complexity index is 166. The fourth-order valence-electron chi connectivity index (χ4n) is 1.08. The van der Waals surface area contributed by atoms with Gasteiger partial charge in [-0.05, 0) is 33.0 Å². The molecule has 0 aromatic rings. The van der Waals surface area contributed by atoms with E-state index < -0.39 is 0 Å². The van der Waals surface area contributed by atoms with E-state index in [1.165, 1.54) is 5.57 Å². The highest BCUT2D eigenvalue weighted by molar-refractivity contribution is 5.30. The summed E-state index contributed by atoms with van der Waals surface area (Å²) < 4.78 is 0. The zero-order chi connectivity index (χ0) is 7.56. The van der Waals surface area contributed by atoms with Gasteiger partial charge in [-0.1, -0.05) is 18.2 Å². The van der Waals surface area contributed by atoms with Gasteiger partial charge in [0.2, 0.25) is 0 Å². The van der Waals surface area contributed by atoms with Crippen molar-refractivity contribution in [1.29, 1.82) is 0 Å². The summed E-state index contributed by atoms with van der Waals surface area (Å²) in [6.07, 6.45) is 7.82. The Morgan fingerprint density at radius 2 is 2.20 bits per heavy atom. The SMILES string of the molecule is C[C@@H](C1=CCC=C1)N(C)C. The maximum Gasteiger partial charge on any atom is 0.0310 e. The lowest BCUT2D eigenvalue weighted by atomic mass is 10.1. The Morgan fingerprint density at radius 3 is 2.60 bits per heavy atom. The quantitative estimate of drug-likeness (QED) is 0.561. The lowest BCUT2D eigenvalue weighted by Gasteiger charge is -2.19. The molecule has 0 spiro atoms. The molecule has 0 heterocycles. The first-order chi connectivity index (χ1) is 4.72. The Balaban J connectivity index is 2.56. The van der Waals surface area contributed by atoms with Crippen molar-refractivity contribution in [2.24, 2.45) is 0 Å². The van der Waals surface area contributed by atoms with Crippen molar-refractivity contribution in [3.05, 3.63) is 23.8 Å². The first-order valence-electron chi connectivity index (χ1n) is 3.75. The van der Waals surface area contributed by atoms with Gasteiger partial charge >= 0.3 is 0 Å². The minimum Gasteiger partial charge on any atom is -0.303 e. The third-order valence-corrected chi connectivity index (χ3v) is 2.06. The van der Waals surface area contributed by atoms with E-state index in [0.29, 0.717) is 6.04 Å². The Kier molecular flexibility index (Phi) is 2.28. The molecule has 10 heavy (non-hydrogen) atoms. The Hall–Kier alpha value is -0.560. The number of allylic oxidation sites excluding steroid dienone is 2. The summed E-state index contributed by atoms with van der Waals surface area (Å²) in [6.45, 7) is 2.22. The zero-order valence-electron chi connectivity index (χ0n) is 6.96. The van der Waals surface area contributed by atoms with Crippen molar-refractivity contribution in [2.45, 2.75) is 19.4 Å². The number of hydrogen-bond acceptors (Lipinski definition) is 1. The van der Waals surface area contributed by atoms with Gasteiger partial charge in [-0.25, -0.2) is 0 Å². The third-order valence-electron chi connectivity index (χ3n) is 2.06. The van der Waals surface area contributed by atoms with E-state index in [1.807, 2.05) is 0 Å². The monoisotopic (exact) mass is 137 g/mol. The van der Waals surface area contributed by atoms with Gasteiger partial charge in [-0.15, -0.1) is 0 Å². The first kappa shape index (κ1) is 7.55. The lowest BCUT2D eigenvalue weighted by molar-refractivity contribution is 0.355. The maximum absolute atomic E-state index is 2.28. The predicted octanol–water partition coefficient (Wildman–Crippen LogP) is 1.82. The number of nitrogens with zero attached hydrogens (tertiary/aromatic N) is 1. The second-order valence-electron chi connectivity index (χ2n) is 2.98. The van der Waals surface area contributed by atoms with Gasteiger partial charge in [0, 0.05) is 6.04 Å². The molecule has 0 saturated carbocycles. The molecule has 0 aliphatic heterocycles. The summed E-state index contributed by atoms with van der Waals surface area (Å²) >= 11 is 0. The molecule has 0 bridgehead atoms. The van der Waals surface area contributed by atoms with E-state index in [9.17, 15) is 0 Å². The normalized spacial score (nSPS) is 19.8. The predicted molar refractivity (Wildman–Crippen MR) is 45.0 cm³/mol. The summed E-state index contributed by atoms with van der Waals surface area (Å²) in [7, 11) is 4.22. The fourth-order valence-corrected chi connectivity index (χ4v) is 1.08. The van der Waals surface area contributed by atoms with E-state index >= 15 is 0 Å². The smallest absolute Gasteiger partial charge is 0.0310 e. The molecule has 0 N–H and O–H groups in total. The van der Waals surface area contributed by atoms with E-state index in [1.54, 1.807) is 0 Å². The fraction of sp³-hybridized carbons (Fsp3) is 0.556. The van der Waals surface area contributed by atoms with Gasteiger partial charge in [0.05, 0.1) is 0 Å². The standard InChI is InChI=1S/C9H15N/c1-8(10(2)3)9-6-4-5-7-9/h4,6-8H,5H2,1-3H3/t8-/m0/s1. The largest absolute Gasteiger partial charge is 0.303 e. The summed E-state index contributed by atoms with van der Waals surface area (Å²) in [5.74, 6) is 0. The molecule has 1 rings (SSSR count). The minimum atomic E-state index is 0.568. The van der Waals surface area contributed by atoms with Gasteiger partial charge in [0.15, 0.2) is 0 Å². The number of rotatable bonds is 2. The van der Waals surface area contributed by atoms with Crippen LogP contribution in [0.1, 0.15) is 13.3 Å². The molecule has 0 unspecified atom stereocenters. The molecule has 1 nitrogen and oxygen atoms in total. The molecule has 1 aliphatic carbocycles. The molecule has 0 amide bonds. The molecular formula is C9H15N. The number of likely N-dealkylation sites (N-methyl/N-ethyl adjacent to an activating group) is 1. The molecule has 0 radical (unpaired) electrons. The second-order valence-corrected chi connectivity index (χ2v) is 2.98. The lowest BCUT2D eigenvalue weighted by Crippen LogP contribution is -2.25.